The lowest BCUT2D eigenvalue weighted by Crippen LogP contribution is -2.46. The van der Waals surface area contributed by atoms with Gasteiger partial charge in [0.25, 0.3) is 15.9 Å². The molecule has 0 saturated heterocycles. The van der Waals surface area contributed by atoms with Crippen molar-refractivity contribution in [3.8, 4) is 11.8 Å². The van der Waals surface area contributed by atoms with Crippen molar-refractivity contribution < 1.29 is 36.7 Å². The average molecular weight is 1030 g/mol. The van der Waals surface area contributed by atoms with Gasteiger partial charge in [0.05, 0.1) is 29.2 Å². The number of nitrogens with one attached hydrogen (secondary N) is 3. The highest BCUT2D eigenvalue weighted by atomic mass is 35.5. The van der Waals surface area contributed by atoms with Crippen LogP contribution in [0.4, 0.5) is 27.5 Å². The first-order chi connectivity index (χ1) is 34.7. The molecule has 1 unspecified atom stereocenters. The second kappa shape index (κ2) is 22.7. The number of fused-ring (bicyclic) bond motifs is 1. The predicted molar refractivity (Wildman–Crippen MR) is 289 cm³/mol. The van der Waals surface area contributed by atoms with Crippen LogP contribution in [0.25, 0.3) is 22.7 Å². The summed E-state index contributed by atoms with van der Waals surface area (Å²) in [4.78, 5) is 49.7. The van der Waals surface area contributed by atoms with Crippen molar-refractivity contribution in [3.05, 3.63) is 136 Å². The summed E-state index contributed by atoms with van der Waals surface area (Å²) in [5.41, 5.74) is 4.90. The van der Waals surface area contributed by atoms with Gasteiger partial charge in [-0.05, 0) is 145 Å². The molecule has 1 aromatic heterocycles. The van der Waals surface area contributed by atoms with Crippen LogP contribution in [0.3, 0.4) is 0 Å². The number of aromatic nitrogens is 1. The highest BCUT2D eigenvalue weighted by Crippen LogP contribution is 2.38. The number of allylic oxidation sites excluding steroid dienone is 1. The number of hydrogen-bond donors (Lipinski definition) is 3. The van der Waals surface area contributed by atoms with Crippen LogP contribution in [-0.2, 0) is 25.0 Å². The monoisotopic (exact) mass is 1030 g/mol. The van der Waals surface area contributed by atoms with Crippen molar-refractivity contribution in [2.24, 2.45) is 5.41 Å². The summed E-state index contributed by atoms with van der Waals surface area (Å²) < 4.78 is 47.4. The number of para-hydroxylation sites is 1. The number of benzene rings is 5. The van der Waals surface area contributed by atoms with Gasteiger partial charge in [-0.15, -0.1) is 0 Å². The van der Waals surface area contributed by atoms with Crippen molar-refractivity contribution in [3.63, 3.8) is 0 Å². The van der Waals surface area contributed by atoms with E-state index in [0.29, 0.717) is 58.7 Å². The Morgan fingerprint density at radius 3 is 2.34 bits per heavy atom. The van der Waals surface area contributed by atoms with E-state index in [1.165, 1.54) is 48.4 Å². The van der Waals surface area contributed by atoms with Crippen LogP contribution in [0.5, 0.6) is 5.75 Å². The molecule has 1 aliphatic rings. The fraction of sp³-hybridized carbons (Fsp3) is 0.351. The number of halogens is 1. The number of ketones is 1. The van der Waals surface area contributed by atoms with E-state index in [1.54, 1.807) is 54.6 Å². The number of rotatable bonds is 19. The van der Waals surface area contributed by atoms with Gasteiger partial charge in [0, 0.05) is 23.8 Å². The molecule has 2 amide bonds. The van der Waals surface area contributed by atoms with Gasteiger partial charge in [-0.2, -0.15) is 5.26 Å². The lowest BCUT2D eigenvalue weighted by Gasteiger charge is -2.32. The van der Waals surface area contributed by atoms with Gasteiger partial charge in [0.15, 0.2) is 5.58 Å². The molecule has 1 atom stereocenters. The number of hydrogen-bond acceptors (Lipinski definition) is 11. The molecular weight excluding hydrogens is 964 g/mol. The summed E-state index contributed by atoms with van der Waals surface area (Å²) in [6.07, 6.45) is 4.41. The Morgan fingerprint density at radius 1 is 0.945 bits per heavy atom. The van der Waals surface area contributed by atoms with E-state index >= 15 is 0 Å². The number of Topliss-reactive ketones (excluding diaryl/α,β-unsaturated/α-hetero) is 1. The van der Waals surface area contributed by atoms with Crippen LogP contribution < -0.4 is 25.0 Å². The van der Waals surface area contributed by atoms with Crippen molar-refractivity contribution in [2.75, 3.05) is 33.9 Å². The summed E-state index contributed by atoms with van der Waals surface area (Å²) in [6.45, 7) is 15.5. The number of methoxy groups -OCH3 is 1. The Labute approximate surface area is 433 Å². The molecule has 1 saturated carbocycles. The fourth-order valence-corrected chi connectivity index (χ4v) is 10.8. The quantitative estimate of drug-likeness (QED) is 0.0302. The molecule has 3 N–H and O–H groups in total. The maximum absolute atomic E-state index is 14.7. The number of carbonyl (C=O) groups excluding carboxylic acids is 3. The molecular formula is C57H63ClN6O8S. The minimum absolute atomic E-state index is 0.0217. The third-order valence-corrected chi connectivity index (χ3v) is 14.5. The molecule has 0 spiro atoms. The summed E-state index contributed by atoms with van der Waals surface area (Å²) >= 11 is 6.59. The van der Waals surface area contributed by atoms with Gasteiger partial charge in [-0.1, -0.05) is 96.7 Å². The van der Waals surface area contributed by atoms with E-state index in [2.05, 4.69) is 56.0 Å². The van der Waals surface area contributed by atoms with Crippen LogP contribution in [0, 0.1) is 23.7 Å². The molecule has 6 aromatic rings. The lowest BCUT2D eigenvalue weighted by molar-refractivity contribution is -0.122. The minimum Gasteiger partial charge on any atom is -0.497 e. The predicted octanol–water partition coefficient (Wildman–Crippen LogP) is 13.4. The van der Waals surface area contributed by atoms with Crippen LogP contribution in [0.15, 0.2) is 112 Å². The SMILES string of the molecule is CCCCNc1ccccc1S(=O)(=O)Nc1ccc(Cl)c(NC(=O)C(OC(=O)N(c2ccc(/C=C(\C#N)c3nc4cc(C(C)(C)CC(C)(C)C)ccc4o3)c(C)c2)C2CCCC2)C(=O)c2ccc(OC)cc2)c1. The number of nitrogens with zero attached hydrogens (tertiary/aromatic N) is 3. The summed E-state index contributed by atoms with van der Waals surface area (Å²) in [5, 5.41) is 16.2. The summed E-state index contributed by atoms with van der Waals surface area (Å²) in [5.74, 6) is -1.22. The van der Waals surface area contributed by atoms with E-state index in [-0.39, 0.29) is 55.2 Å². The molecule has 14 nitrogen and oxygen atoms in total. The number of aryl methyl sites for hydroxylation is 1. The summed E-state index contributed by atoms with van der Waals surface area (Å²) in [6, 6.07) is 29.9. The Bertz CT molecular complexity index is 3180. The molecule has 1 heterocycles. The van der Waals surface area contributed by atoms with Gasteiger partial charge in [-0.25, -0.2) is 18.2 Å². The maximum Gasteiger partial charge on any atom is 0.415 e. The second-order valence-corrected chi connectivity index (χ2v) is 22.3. The molecule has 73 heavy (non-hydrogen) atoms. The maximum atomic E-state index is 14.7. The van der Waals surface area contributed by atoms with Crippen LogP contribution in [-0.4, -0.2) is 57.0 Å². The normalized spacial score (nSPS) is 13.8. The molecule has 1 aliphatic carbocycles. The highest BCUT2D eigenvalue weighted by Gasteiger charge is 2.37. The first kappa shape index (κ1) is 53.6. The number of sulfonamides is 1. The largest absolute Gasteiger partial charge is 0.497 e. The second-order valence-electron chi connectivity index (χ2n) is 20.3. The van der Waals surface area contributed by atoms with Gasteiger partial charge in [-0.3, -0.25) is 19.2 Å². The lowest BCUT2D eigenvalue weighted by atomic mass is 9.72. The number of nitriles is 1. The number of ether oxygens (including phenoxy) is 2. The standard InChI is InChI=1S/C57H63ClN6O8S/c1-9-10-29-60-46-17-13-14-18-50(46)73(68,69)63-41-23-27-45(58)47(33-41)61-53(66)52(51(65)37-20-25-44(70-8)26-21-37)72-55(67)64(42-15-11-12-16-42)43-24-19-38(36(2)30-43)31-39(34-59)54-62-48-32-40(22-28-49(48)71-54)57(6,7)35-56(3,4)5/h13-14,17-28,30-33,42,52,60,63H,9-12,15-16,29,35H2,1-8H3,(H,61,66)/b39-31+. The molecule has 382 valence electrons. The zero-order valence-corrected chi connectivity index (χ0v) is 44.2. The minimum atomic E-state index is -4.14. The number of carbonyl (C=O) groups is 3. The van der Waals surface area contributed by atoms with Crippen LogP contribution in [0.1, 0.15) is 119 Å². The Kier molecular flexibility index (Phi) is 16.7. The molecule has 0 aliphatic heterocycles. The van der Waals surface area contributed by atoms with Crippen molar-refractivity contribution in [1.29, 1.82) is 5.26 Å². The highest BCUT2D eigenvalue weighted by molar-refractivity contribution is 7.92. The molecule has 5 aromatic carbocycles. The Hall–Kier alpha value is -7.15. The number of anilines is 4. The molecule has 0 bridgehead atoms. The zero-order valence-electron chi connectivity index (χ0n) is 42.6. The van der Waals surface area contributed by atoms with Crippen LogP contribution >= 0.6 is 11.6 Å². The third kappa shape index (κ3) is 13.1. The van der Waals surface area contributed by atoms with E-state index < -0.39 is 33.9 Å². The van der Waals surface area contributed by atoms with Gasteiger partial charge in [0.2, 0.25) is 17.8 Å². The fourth-order valence-electron chi connectivity index (χ4n) is 9.42. The van der Waals surface area contributed by atoms with Crippen molar-refractivity contribution in [2.45, 2.75) is 116 Å². The topological polar surface area (TPSA) is 193 Å². The van der Waals surface area contributed by atoms with E-state index in [1.807, 2.05) is 32.0 Å². The Morgan fingerprint density at radius 2 is 1.67 bits per heavy atom. The smallest absolute Gasteiger partial charge is 0.415 e. The molecule has 0 radical (unpaired) electrons. The van der Waals surface area contributed by atoms with Gasteiger partial charge in [0.1, 0.15) is 27.8 Å². The van der Waals surface area contributed by atoms with Gasteiger partial charge >= 0.3 is 6.09 Å². The number of oxazole rings is 1. The summed E-state index contributed by atoms with van der Waals surface area (Å²) in [7, 11) is -2.67. The molecule has 16 heteroatoms. The third-order valence-electron chi connectivity index (χ3n) is 12.8. The molecule has 7 rings (SSSR count). The van der Waals surface area contributed by atoms with Gasteiger partial charge < -0.3 is 24.5 Å². The van der Waals surface area contributed by atoms with Crippen molar-refractivity contribution in [1.82, 2.24) is 4.98 Å². The van der Waals surface area contributed by atoms with E-state index in [4.69, 9.17) is 30.5 Å². The number of amides is 2. The average Bonchev–Trinajstić information content (AvgIpc) is 4.04. The van der Waals surface area contributed by atoms with E-state index in [9.17, 15) is 28.1 Å². The Balaban J connectivity index is 1.16. The first-order valence-electron chi connectivity index (χ1n) is 24.5. The zero-order chi connectivity index (χ0) is 52.7. The van der Waals surface area contributed by atoms with Crippen molar-refractivity contribution >= 4 is 84.9 Å². The molecule has 1 fully saturated rings. The van der Waals surface area contributed by atoms with Crippen LogP contribution in [0.2, 0.25) is 5.02 Å². The number of unbranched alkanes of at least 4 members (excludes halogenated alkanes) is 1. The first-order valence-corrected chi connectivity index (χ1v) is 26.3. The van der Waals surface area contributed by atoms with E-state index in [0.717, 1.165) is 37.7 Å².